The van der Waals surface area contributed by atoms with Gasteiger partial charge in [-0.2, -0.15) is 0 Å². The number of Topliss-reactive ketones (excluding diaryl/α,β-unsaturated/α-hetero) is 1. The van der Waals surface area contributed by atoms with Gasteiger partial charge in [-0.05, 0) is 32.0 Å². The monoisotopic (exact) mass is 285 g/mol. The number of aromatic nitrogens is 1. The summed E-state index contributed by atoms with van der Waals surface area (Å²) < 4.78 is 20.4. The molecule has 0 saturated carbocycles. The van der Waals surface area contributed by atoms with Crippen molar-refractivity contribution in [2.75, 3.05) is 0 Å². The van der Waals surface area contributed by atoms with E-state index in [0.29, 0.717) is 11.3 Å². The number of carbonyl (C=O) groups is 1. The van der Waals surface area contributed by atoms with Crippen molar-refractivity contribution in [3.63, 3.8) is 0 Å². The Bertz CT molecular complexity index is 784. The number of hydrogen-bond acceptors (Lipinski definition) is 2. The molecule has 3 rings (SSSR count). The van der Waals surface area contributed by atoms with Crippen molar-refractivity contribution in [2.24, 2.45) is 0 Å². The summed E-state index contributed by atoms with van der Waals surface area (Å²) in [4.78, 5) is 14.4. The molecular formula is C17H16FNO2. The fraction of sp³-hybridized carbons (Fsp3) is 0.235. The number of fused-ring (bicyclic) bond motifs is 1. The van der Waals surface area contributed by atoms with Gasteiger partial charge in [0.05, 0.1) is 6.26 Å². The minimum atomic E-state index is -1.72. The maximum atomic E-state index is 15.0. The zero-order valence-corrected chi connectivity index (χ0v) is 11.9. The first-order valence-electron chi connectivity index (χ1n) is 6.82. The molecule has 4 heteroatoms. The Labute approximate surface area is 121 Å². The van der Waals surface area contributed by atoms with E-state index in [9.17, 15) is 9.18 Å². The molecule has 1 aromatic carbocycles. The summed E-state index contributed by atoms with van der Waals surface area (Å²) in [5.74, 6) is 0.505. The van der Waals surface area contributed by atoms with Gasteiger partial charge in [-0.3, -0.25) is 4.79 Å². The van der Waals surface area contributed by atoms with Gasteiger partial charge in [0.25, 0.3) is 0 Å². The topological polar surface area (TPSA) is 46.0 Å². The molecule has 0 bridgehead atoms. The van der Waals surface area contributed by atoms with E-state index in [1.165, 1.54) is 13.8 Å². The Morgan fingerprint density at radius 2 is 2.14 bits per heavy atom. The van der Waals surface area contributed by atoms with Crippen molar-refractivity contribution < 1.29 is 13.6 Å². The van der Waals surface area contributed by atoms with Crippen LogP contribution < -0.4 is 0 Å². The average molecular weight is 285 g/mol. The number of ketones is 1. The van der Waals surface area contributed by atoms with Gasteiger partial charge >= 0.3 is 0 Å². The molecule has 0 aliphatic rings. The van der Waals surface area contributed by atoms with Gasteiger partial charge in [-0.25, -0.2) is 4.39 Å². The summed E-state index contributed by atoms with van der Waals surface area (Å²) >= 11 is 0. The zero-order valence-electron chi connectivity index (χ0n) is 11.9. The highest BCUT2D eigenvalue weighted by Gasteiger charge is 2.31. The highest BCUT2D eigenvalue weighted by molar-refractivity contribution is 5.97. The lowest BCUT2D eigenvalue weighted by Gasteiger charge is -2.19. The van der Waals surface area contributed by atoms with Crippen LogP contribution in [0, 0.1) is 0 Å². The minimum Gasteiger partial charge on any atom is -0.464 e. The van der Waals surface area contributed by atoms with Crippen molar-refractivity contribution in [1.82, 2.24) is 4.98 Å². The smallest absolute Gasteiger partial charge is 0.142 e. The van der Waals surface area contributed by atoms with E-state index in [2.05, 4.69) is 4.98 Å². The highest BCUT2D eigenvalue weighted by atomic mass is 19.1. The molecule has 1 atom stereocenters. The number of furan rings is 1. The normalized spacial score (nSPS) is 14.2. The van der Waals surface area contributed by atoms with E-state index in [0.717, 1.165) is 16.5 Å². The molecular weight excluding hydrogens is 269 g/mol. The zero-order chi connectivity index (χ0) is 15.0. The number of aromatic amines is 1. The Morgan fingerprint density at radius 1 is 1.33 bits per heavy atom. The third kappa shape index (κ3) is 2.37. The fourth-order valence-corrected chi connectivity index (χ4v) is 2.80. The van der Waals surface area contributed by atoms with Crippen molar-refractivity contribution >= 4 is 16.7 Å². The first kappa shape index (κ1) is 13.6. The molecule has 1 N–H and O–H groups in total. The SMILES string of the molecule is CC(=O)CC(C)(F)c1c[nH]c2cccc(-c3ccco3)c12. The minimum absolute atomic E-state index is 0.146. The Kier molecular flexibility index (Phi) is 3.16. The Balaban J connectivity index is 2.23. The lowest BCUT2D eigenvalue weighted by Crippen LogP contribution is -2.18. The van der Waals surface area contributed by atoms with E-state index >= 15 is 0 Å². The van der Waals surface area contributed by atoms with E-state index in [1.54, 1.807) is 18.5 Å². The van der Waals surface area contributed by atoms with Crippen LogP contribution in [0.4, 0.5) is 4.39 Å². The molecule has 21 heavy (non-hydrogen) atoms. The van der Waals surface area contributed by atoms with Crippen molar-refractivity contribution in [2.45, 2.75) is 25.9 Å². The van der Waals surface area contributed by atoms with E-state index in [-0.39, 0.29) is 12.2 Å². The summed E-state index contributed by atoms with van der Waals surface area (Å²) in [7, 11) is 0. The van der Waals surface area contributed by atoms with Gasteiger partial charge in [0.15, 0.2) is 0 Å². The summed E-state index contributed by atoms with van der Waals surface area (Å²) in [6, 6.07) is 9.30. The number of H-pyrrole nitrogens is 1. The van der Waals surface area contributed by atoms with Crippen molar-refractivity contribution in [3.8, 4) is 11.3 Å². The second-order valence-corrected chi connectivity index (χ2v) is 5.48. The van der Waals surface area contributed by atoms with Crippen LogP contribution >= 0.6 is 0 Å². The largest absolute Gasteiger partial charge is 0.464 e. The maximum absolute atomic E-state index is 15.0. The molecule has 0 aliphatic carbocycles. The van der Waals surface area contributed by atoms with Crippen LogP contribution in [0.1, 0.15) is 25.8 Å². The Hall–Kier alpha value is -2.36. The van der Waals surface area contributed by atoms with Crippen LogP contribution in [0.2, 0.25) is 0 Å². The lowest BCUT2D eigenvalue weighted by molar-refractivity contribution is -0.119. The molecule has 0 fully saturated rings. The standard InChI is InChI=1S/C17H16FNO2/c1-11(20)9-17(2,18)13-10-19-14-6-3-5-12(16(13)14)15-7-4-8-21-15/h3-8,10,19H,9H2,1-2H3. The fourth-order valence-electron chi connectivity index (χ4n) is 2.80. The molecule has 0 spiro atoms. The van der Waals surface area contributed by atoms with E-state index < -0.39 is 5.67 Å². The first-order valence-corrected chi connectivity index (χ1v) is 6.82. The van der Waals surface area contributed by atoms with Crippen LogP contribution in [0.25, 0.3) is 22.2 Å². The molecule has 0 aliphatic heterocycles. The average Bonchev–Trinajstić information content (AvgIpc) is 3.06. The molecule has 0 amide bonds. The van der Waals surface area contributed by atoms with E-state index in [1.807, 2.05) is 24.3 Å². The number of benzene rings is 1. The van der Waals surface area contributed by atoms with Crippen LogP contribution in [0.3, 0.4) is 0 Å². The van der Waals surface area contributed by atoms with Gasteiger partial charge in [-0.15, -0.1) is 0 Å². The van der Waals surface area contributed by atoms with Crippen LogP contribution in [-0.4, -0.2) is 10.8 Å². The van der Waals surface area contributed by atoms with Gasteiger partial charge in [0.1, 0.15) is 17.2 Å². The van der Waals surface area contributed by atoms with Crippen LogP contribution in [-0.2, 0) is 10.5 Å². The van der Waals surface area contributed by atoms with Crippen molar-refractivity contribution in [3.05, 3.63) is 48.4 Å². The predicted octanol–water partition coefficient (Wildman–Crippen LogP) is 4.59. The highest BCUT2D eigenvalue weighted by Crippen LogP contribution is 2.39. The molecule has 2 aromatic heterocycles. The van der Waals surface area contributed by atoms with Crippen LogP contribution in [0.15, 0.2) is 47.2 Å². The number of halogens is 1. The maximum Gasteiger partial charge on any atom is 0.142 e. The molecule has 0 saturated heterocycles. The van der Waals surface area contributed by atoms with Crippen molar-refractivity contribution in [1.29, 1.82) is 0 Å². The molecule has 3 aromatic rings. The third-order valence-electron chi connectivity index (χ3n) is 3.63. The first-order chi connectivity index (χ1) is 9.99. The molecule has 2 heterocycles. The summed E-state index contributed by atoms with van der Waals surface area (Å²) in [5.41, 5.74) is 0.416. The molecule has 1 unspecified atom stereocenters. The second kappa shape index (κ2) is 4.88. The Morgan fingerprint density at radius 3 is 2.81 bits per heavy atom. The molecule has 108 valence electrons. The lowest BCUT2D eigenvalue weighted by atomic mass is 9.90. The van der Waals surface area contributed by atoms with Crippen LogP contribution in [0.5, 0.6) is 0 Å². The number of hydrogen-bond donors (Lipinski definition) is 1. The number of carbonyl (C=O) groups excluding carboxylic acids is 1. The number of alkyl halides is 1. The molecule has 0 radical (unpaired) electrons. The van der Waals surface area contributed by atoms with E-state index in [4.69, 9.17) is 4.42 Å². The number of rotatable bonds is 4. The van der Waals surface area contributed by atoms with Gasteiger partial charge < -0.3 is 9.40 Å². The second-order valence-electron chi connectivity index (χ2n) is 5.48. The van der Waals surface area contributed by atoms with Gasteiger partial charge in [0.2, 0.25) is 0 Å². The van der Waals surface area contributed by atoms with Gasteiger partial charge in [0, 0.05) is 34.6 Å². The van der Waals surface area contributed by atoms with Gasteiger partial charge in [-0.1, -0.05) is 12.1 Å². The predicted molar refractivity (Wildman–Crippen MR) is 79.8 cm³/mol. The summed E-state index contributed by atoms with van der Waals surface area (Å²) in [6.45, 7) is 2.84. The number of nitrogens with one attached hydrogen (secondary N) is 1. The molecule has 3 nitrogen and oxygen atoms in total. The summed E-state index contributed by atoms with van der Waals surface area (Å²) in [5, 5.41) is 0.763. The summed E-state index contributed by atoms with van der Waals surface area (Å²) in [6.07, 6.45) is 3.08. The quantitative estimate of drug-likeness (QED) is 0.762. The third-order valence-corrected chi connectivity index (χ3v) is 3.63.